The second-order valence-electron chi connectivity index (χ2n) is 2.45. The maximum absolute atomic E-state index is 10.7. The highest BCUT2D eigenvalue weighted by Gasteiger charge is 1.95. The Labute approximate surface area is 70.4 Å². The van der Waals surface area contributed by atoms with Gasteiger partial charge in [-0.15, -0.1) is 0 Å². The average Bonchev–Trinajstić information content (AvgIpc) is 2.35. The van der Waals surface area contributed by atoms with Gasteiger partial charge in [-0.3, -0.25) is 4.79 Å². The van der Waals surface area contributed by atoms with E-state index in [1.807, 2.05) is 23.8 Å². The summed E-state index contributed by atoms with van der Waals surface area (Å²) in [5.41, 5.74) is 2.18. The van der Waals surface area contributed by atoms with E-state index in [1.54, 1.807) is 24.3 Å². The van der Waals surface area contributed by atoms with Crippen molar-refractivity contribution in [2.45, 2.75) is 13.8 Å². The van der Waals surface area contributed by atoms with Crippen LogP contribution in [0.1, 0.15) is 19.4 Å². The summed E-state index contributed by atoms with van der Waals surface area (Å²) in [6.45, 7) is 3.51. The fourth-order valence-corrected chi connectivity index (χ4v) is 1.59. The van der Waals surface area contributed by atoms with Crippen LogP contribution in [0.3, 0.4) is 0 Å². The summed E-state index contributed by atoms with van der Waals surface area (Å²) >= 11 is 1.64. The minimum Gasteiger partial charge on any atom is -0.295 e. The quantitative estimate of drug-likeness (QED) is 0.617. The van der Waals surface area contributed by atoms with Gasteiger partial charge in [0.1, 0.15) is 0 Å². The zero-order valence-electron chi connectivity index (χ0n) is 6.63. The largest absolute Gasteiger partial charge is 0.295 e. The van der Waals surface area contributed by atoms with Gasteiger partial charge in [-0.05, 0) is 47.9 Å². The SMILES string of the molecule is CC(=O)/C=C(\C)c1ccsc1. The molecule has 0 saturated carbocycles. The average molecular weight is 166 g/mol. The Balaban J connectivity index is 2.86. The van der Waals surface area contributed by atoms with E-state index in [0.29, 0.717) is 0 Å². The van der Waals surface area contributed by atoms with Gasteiger partial charge in [0.15, 0.2) is 5.78 Å². The van der Waals surface area contributed by atoms with Crippen molar-refractivity contribution in [3.05, 3.63) is 28.5 Å². The molecule has 1 aromatic rings. The molecule has 0 aliphatic rings. The van der Waals surface area contributed by atoms with E-state index in [0.717, 1.165) is 11.1 Å². The van der Waals surface area contributed by atoms with Crippen molar-refractivity contribution in [1.82, 2.24) is 0 Å². The molecule has 1 nitrogen and oxygen atoms in total. The lowest BCUT2D eigenvalue weighted by Crippen LogP contribution is -1.83. The molecule has 0 atom stereocenters. The summed E-state index contributed by atoms with van der Waals surface area (Å²) in [4.78, 5) is 10.7. The van der Waals surface area contributed by atoms with Crippen LogP contribution in [-0.2, 0) is 4.79 Å². The highest BCUT2D eigenvalue weighted by Crippen LogP contribution is 2.16. The van der Waals surface area contributed by atoms with Crippen molar-refractivity contribution in [3.63, 3.8) is 0 Å². The molecule has 2 heteroatoms. The van der Waals surface area contributed by atoms with Crippen LogP contribution in [0.5, 0.6) is 0 Å². The van der Waals surface area contributed by atoms with Crippen LogP contribution >= 0.6 is 11.3 Å². The van der Waals surface area contributed by atoms with E-state index in [2.05, 4.69) is 0 Å². The number of carbonyl (C=O) groups excluding carboxylic acids is 1. The van der Waals surface area contributed by atoms with Crippen molar-refractivity contribution >= 4 is 22.7 Å². The van der Waals surface area contributed by atoms with Gasteiger partial charge in [-0.25, -0.2) is 0 Å². The van der Waals surface area contributed by atoms with E-state index in [-0.39, 0.29) is 5.78 Å². The molecule has 0 radical (unpaired) electrons. The molecule has 0 aromatic carbocycles. The van der Waals surface area contributed by atoms with Gasteiger partial charge in [0.05, 0.1) is 0 Å². The van der Waals surface area contributed by atoms with Gasteiger partial charge in [-0.1, -0.05) is 0 Å². The van der Waals surface area contributed by atoms with E-state index in [4.69, 9.17) is 0 Å². The molecular formula is C9H10OS. The van der Waals surface area contributed by atoms with Crippen molar-refractivity contribution < 1.29 is 4.79 Å². The summed E-state index contributed by atoms with van der Waals surface area (Å²) in [5.74, 6) is 0.105. The highest BCUT2D eigenvalue weighted by atomic mass is 32.1. The number of ketones is 1. The Morgan fingerprint density at radius 2 is 2.27 bits per heavy atom. The number of thiophene rings is 1. The lowest BCUT2D eigenvalue weighted by atomic mass is 10.1. The molecule has 0 amide bonds. The first-order valence-electron chi connectivity index (χ1n) is 3.41. The molecule has 1 aromatic heterocycles. The number of rotatable bonds is 2. The molecule has 58 valence electrons. The number of carbonyl (C=O) groups is 1. The molecular weight excluding hydrogens is 156 g/mol. The van der Waals surface area contributed by atoms with Crippen LogP contribution in [0.2, 0.25) is 0 Å². The molecule has 0 bridgehead atoms. The van der Waals surface area contributed by atoms with Crippen molar-refractivity contribution in [2.24, 2.45) is 0 Å². The normalized spacial score (nSPS) is 11.6. The Morgan fingerprint density at radius 3 is 2.73 bits per heavy atom. The number of hydrogen-bond donors (Lipinski definition) is 0. The molecule has 1 heterocycles. The van der Waals surface area contributed by atoms with Gasteiger partial charge in [0.25, 0.3) is 0 Å². The fourth-order valence-electron chi connectivity index (χ4n) is 0.877. The van der Waals surface area contributed by atoms with Crippen molar-refractivity contribution in [3.8, 4) is 0 Å². The Hall–Kier alpha value is -0.890. The van der Waals surface area contributed by atoms with E-state index >= 15 is 0 Å². The van der Waals surface area contributed by atoms with Gasteiger partial charge in [-0.2, -0.15) is 11.3 Å². The first-order chi connectivity index (χ1) is 5.20. The zero-order chi connectivity index (χ0) is 8.27. The second-order valence-corrected chi connectivity index (χ2v) is 3.23. The van der Waals surface area contributed by atoms with Gasteiger partial charge < -0.3 is 0 Å². The van der Waals surface area contributed by atoms with Crippen LogP contribution in [0.15, 0.2) is 22.9 Å². The molecule has 0 aliphatic carbocycles. The molecule has 11 heavy (non-hydrogen) atoms. The predicted octanol–water partition coefficient (Wildman–Crippen LogP) is 2.74. The summed E-state index contributed by atoms with van der Waals surface area (Å²) < 4.78 is 0. The van der Waals surface area contributed by atoms with E-state index < -0.39 is 0 Å². The monoisotopic (exact) mass is 166 g/mol. The molecule has 0 aliphatic heterocycles. The Kier molecular flexibility index (Phi) is 2.60. The van der Waals surface area contributed by atoms with Gasteiger partial charge >= 0.3 is 0 Å². The standard InChI is InChI=1S/C9H10OS/c1-7(5-8(2)10)9-3-4-11-6-9/h3-6H,1-2H3/b7-5+. The minimum absolute atomic E-state index is 0.105. The fraction of sp³-hybridized carbons (Fsp3) is 0.222. The maximum atomic E-state index is 10.7. The van der Waals surface area contributed by atoms with Gasteiger partial charge in [0.2, 0.25) is 0 Å². The molecule has 0 unspecified atom stereocenters. The summed E-state index contributed by atoms with van der Waals surface area (Å²) in [6, 6.07) is 2.01. The third kappa shape index (κ3) is 2.31. The van der Waals surface area contributed by atoms with Crippen LogP contribution in [-0.4, -0.2) is 5.78 Å². The predicted molar refractivity (Wildman–Crippen MR) is 48.7 cm³/mol. The van der Waals surface area contributed by atoms with Crippen LogP contribution in [0, 0.1) is 0 Å². The highest BCUT2D eigenvalue weighted by molar-refractivity contribution is 7.08. The smallest absolute Gasteiger partial charge is 0.152 e. The lowest BCUT2D eigenvalue weighted by Gasteiger charge is -1.92. The second kappa shape index (κ2) is 3.49. The molecule has 1 rings (SSSR count). The molecule has 0 spiro atoms. The maximum Gasteiger partial charge on any atom is 0.152 e. The number of hydrogen-bond acceptors (Lipinski definition) is 2. The lowest BCUT2D eigenvalue weighted by molar-refractivity contribution is -0.112. The van der Waals surface area contributed by atoms with Crippen molar-refractivity contribution in [2.75, 3.05) is 0 Å². The topological polar surface area (TPSA) is 17.1 Å². The Bertz CT molecular complexity index is 270. The zero-order valence-corrected chi connectivity index (χ0v) is 7.44. The minimum atomic E-state index is 0.105. The Morgan fingerprint density at radius 1 is 1.55 bits per heavy atom. The van der Waals surface area contributed by atoms with Crippen LogP contribution in [0.4, 0.5) is 0 Å². The third-order valence-corrected chi connectivity index (χ3v) is 2.08. The molecule has 0 saturated heterocycles. The first-order valence-corrected chi connectivity index (χ1v) is 4.36. The summed E-state index contributed by atoms with van der Waals surface area (Å²) in [7, 11) is 0. The van der Waals surface area contributed by atoms with E-state index in [1.165, 1.54) is 0 Å². The van der Waals surface area contributed by atoms with Crippen molar-refractivity contribution in [1.29, 1.82) is 0 Å². The number of allylic oxidation sites excluding steroid dienone is 2. The summed E-state index contributed by atoms with van der Waals surface area (Å²) in [6.07, 6.45) is 1.65. The molecule has 0 N–H and O–H groups in total. The third-order valence-electron chi connectivity index (χ3n) is 1.40. The first kappa shape index (κ1) is 8.21. The summed E-state index contributed by atoms with van der Waals surface area (Å²) in [5, 5.41) is 4.04. The van der Waals surface area contributed by atoms with Crippen LogP contribution in [0.25, 0.3) is 5.57 Å². The van der Waals surface area contributed by atoms with Gasteiger partial charge in [0, 0.05) is 0 Å². The van der Waals surface area contributed by atoms with Crippen LogP contribution < -0.4 is 0 Å². The molecule has 0 fully saturated rings. The van der Waals surface area contributed by atoms with E-state index in [9.17, 15) is 4.79 Å².